The van der Waals surface area contributed by atoms with Gasteiger partial charge in [-0.1, -0.05) is 24.3 Å². The third-order valence-corrected chi connectivity index (χ3v) is 5.30. The second-order valence-corrected chi connectivity index (χ2v) is 6.93. The van der Waals surface area contributed by atoms with E-state index >= 15 is 0 Å². The van der Waals surface area contributed by atoms with Gasteiger partial charge in [0, 0.05) is 43.7 Å². The van der Waals surface area contributed by atoms with Crippen LogP contribution >= 0.6 is 0 Å². The SMILES string of the molecule is O=C(/C=C/c1cccnc1)NC[C@@H]1[C@H]2CN(C(=O)c3ccccc3)C[C@@H]12. The van der Waals surface area contributed by atoms with E-state index in [0.717, 1.165) is 24.2 Å². The Morgan fingerprint density at radius 1 is 1.12 bits per heavy atom. The molecule has 3 atom stereocenters. The van der Waals surface area contributed by atoms with E-state index in [4.69, 9.17) is 0 Å². The van der Waals surface area contributed by atoms with Gasteiger partial charge in [-0.25, -0.2) is 0 Å². The largest absolute Gasteiger partial charge is 0.352 e. The highest BCUT2D eigenvalue weighted by Crippen LogP contribution is 2.51. The molecule has 1 aromatic heterocycles. The molecular formula is C21H21N3O2. The van der Waals surface area contributed by atoms with E-state index in [-0.39, 0.29) is 11.8 Å². The fourth-order valence-electron chi connectivity index (χ4n) is 3.81. The lowest BCUT2D eigenvalue weighted by atomic mass is 10.2. The smallest absolute Gasteiger partial charge is 0.253 e. The summed E-state index contributed by atoms with van der Waals surface area (Å²) in [6, 6.07) is 13.2. The number of amides is 2. The number of hydrogen-bond donors (Lipinski definition) is 1. The summed E-state index contributed by atoms with van der Waals surface area (Å²) in [4.78, 5) is 30.3. The first-order chi connectivity index (χ1) is 12.7. The molecule has 2 amide bonds. The zero-order valence-corrected chi connectivity index (χ0v) is 14.4. The Balaban J connectivity index is 1.22. The standard InChI is InChI=1S/C21H21N3O2/c25-20(9-8-15-5-4-10-22-11-15)23-12-17-18-13-24(14-19(17)18)21(26)16-6-2-1-3-7-16/h1-11,17-19H,12-14H2,(H,23,25)/b9-8+/t17-,18-,19+. The Labute approximate surface area is 152 Å². The zero-order valence-electron chi connectivity index (χ0n) is 14.4. The molecule has 0 spiro atoms. The lowest BCUT2D eigenvalue weighted by molar-refractivity contribution is -0.116. The lowest BCUT2D eigenvalue weighted by Crippen LogP contribution is -2.33. The molecule has 132 valence electrons. The summed E-state index contributed by atoms with van der Waals surface area (Å²) in [6.45, 7) is 2.27. The van der Waals surface area contributed by atoms with Gasteiger partial charge in [-0.2, -0.15) is 0 Å². The first kappa shape index (κ1) is 16.5. The number of carbonyl (C=O) groups is 2. The maximum Gasteiger partial charge on any atom is 0.253 e. The van der Waals surface area contributed by atoms with Gasteiger partial charge in [0.2, 0.25) is 5.91 Å². The van der Waals surface area contributed by atoms with Gasteiger partial charge in [0.15, 0.2) is 0 Å². The molecule has 2 heterocycles. The number of nitrogens with one attached hydrogen (secondary N) is 1. The van der Waals surface area contributed by atoms with Gasteiger partial charge in [0.05, 0.1) is 0 Å². The normalized spacial score (nSPS) is 23.7. The average Bonchev–Trinajstić information content (AvgIpc) is 3.14. The van der Waals surface area contributed by atoms with Crippen LogP contribution in [0.3, 0.4) is 0 Å². The number of fused-ring (bicyclic) bond motifs is 1. The molecule has 0 radical (unpaired) electrons. The van der Waals surface area contributed by atoms with E-state index in [1.54, 1.807) is 24.5 Å². The topological polar surface area (TPSA) is 62.3 Å². The molecule has 2 aromatic rings. The summed E-state index contributed by atoms with van der Waals surface area (Å²) in [5.41, 5.74) is 1.65. The monoisotopic (exact) mass is 347 g/mol. The van der Waals surface area contributed by atoms with Crippen LogP contribution in [0.2, 0.25) is 0 Å². The van der Waals surface area contributed by atoms with Gasteiger partial charge >= 0.3 is 0 Å². The highest BCUT2D eigenvalue weighted by atomic mass is 16.2. The predicted octanol–water partition coefficient (Wildman–Crippen LogP) is 2.23. The van der Waals surface area contributed by atoms with Crippen molar-refractivity contribution in [3.63, 3.8) is 0 Å². The van der Waals surface area contributed by atoms with Crippen molar-refractivity contribution in [1.82, 2.24) is 15.2 Å². The molecule has 1 N–H and O–H groups in total. The van der Waals surface area contributed by atoms with Gasteiger partial charge < -0.3 is 10.2 Å². The Bertz CT molecular complexity index is 808. The van der Waals surface area contributed by atoms with Crippen molar-refractivity contribution in [1.29, 1.82) is 0 Å². The number of hydrogen-bond acceptors (Lipinski definition) is 3. The molecule has 26 heavy (non-hydrogen) atoms. The molecule has 1 aromatic carbocycles. The van der Waals surface area contributed by atoms with Crippen molar-refractivity contribution in [3.05, 3.63) is 72.1 Å². The van der Waals surface area contributed by atoms with Crippen molar-refractivity contribution in [2.45, 2.75) is 0 Å². The average molecular weight is 347 g/mol. The van der Waals surface area contributed by atoms with Crippen LogP contribution in [0.25, 0.3) is 6.08 Å². The van der Waals surface area contributed by atoms with Crippen LogP contribution in [0.1, 0.15) is 15.9 Å². The number of rotatable bonds is 5. The number of aromatic nitrogens is 1. The van der Waals surface area contributed by atoms with Crippen LogP contribution in [-0.2, 0) is 4.79 Å². The third kappa shape index (κ3) is 3.52. The van der Waals surface area contributed by atoms with Gasteiger partial charge in [0.1, 0.15) is 0 Å². The maximum atomic E-state index is 12.4. The second kappa shape index (κ2) is 7.12. The van der Waals surface area contributed by atoms with Crippen molar-refractivity contribution in [2.75, 3.05) is 19.6 Å². The second-order valence-electron chi connectivity index (χ2n) is 6.93. The fourth-order valence-corrected chi connectivity index (χ4v) is 3.81. The molecule has 1 aliphatic carbocycles. The quantitative estimate of drug-likeness (QED) is 0.844. The number of likely N-dealkylation sites (tertiary alicyclic amines) is 1. The first-order valence-corrected chi connectivity index (χ1v) is 8.92. The van der Waals surface area contributed by atoms with E-state index in [0.29, 0.717) is 24.3 Å². The predicted molar refractivity (Wildman–Crippen MR) is 99.1 cm³/mol. The van der Waals surface area contributed by atoms with Crippen LogP contribution in [0.15, 0.2) is 60.9 Å². The van der Waals surface area contributed by atoms with Gasteiger partial charge in [0.25, 0.3) is 5.91 Å². The molecule has 2 aliphatic rings. The number of benzene rings is 1. The minimum Gasteiger partial charge on any atom is -0.352 e. The summed E-state index contributed by atoms with van der Waals surface area (Å²) in [7, 11) is 0. The molecule has 5 heteroatoms. The molecule has 1 saturated carbocycles. The zero-order chi connectivity index (χ0) is 17.9. The van der Waals surface area contributed by atoms with E-state index in [1.807, 2.05) is 47.4 Å². The molecule has 4 rings (SSSR count). The summed E-state index contributed by atoms with van der Waals surface area (Å²) >= 11 is 0. The van der Waals surface area contributed by atoms with Crippen molar-refractivity contribution in [2.24, 2.45) is 17.8 Å². The van der Waals surface area contributed by atoms with Gasteiger partial charge in [-0.05, 0) is 47.6 Å². The Kier molecular flexibility index (Phi) is 4.52. The van der Waals surface area contributed by atoms with Gasteiger partial charge in [-0.3, -0.25) is 14.6 Å². The summed E-state index contributed by atoms with van der Waals surface area (Å²) < 4.78 is 0. The Morgan fingerprint density at radius 3 is 2.58 bits per heavy atom. The Hall–Kier alpha value is -2.95. The highest BCUT2D eigenvalue weighted by Gasteiger charge is 2.56. The number of nitrogens with zero attached hydrogens (tertiary/aromatic N) is 2. The van der Waals surface area contributed by atoms with E-state index in [2.05, 4.69) is 10.3 Å². The molecule has 1 saturated heterocycles. The van der Waals surface area contributed by atoms with Crippen molar-refractivity contribution in [3.8, 4) is 0 Å². The van der Waals surface area contributed by atoms with Crippen LogP contribution in [-0.4, -0.2) is 41.3 Å². The minimum absolute atomic E-state index is 0.0870. The summed E-state index contributed by atoms with van der Waals surface area (Å²) in [6.07, 6.45) is 6.72. The molecule has 0 unspecified atom stereocenters. The first-order valence-electron chi connectivity index (χ1n) is 8.92. The van der Waals surface area contributed by atoms with Crippen molar-refractivity contribution < 1.29 is 9.59 Å². The van der Waals surface area contributed by atoms with Crippen LogP contribution < -0.4 is 5.32 Å². The van der Waals surface area contributed by atoms with Gasteiger partial charge in [-0.15, -0.1) is 0 Å². The molecule has 1 aliphatic heterocycles. The molecule has 2 fully saturated rings. The van der Waals surface area contributed by atoms with Crippen LogP contribution in [0.4, 0.5) is 0 Å². The van der Waals surface area contributed by atoms with E-state index in [1.165, 1.54) is 0 Å². The highest BCUT2D eigenvalue weighted by molar-refractivity contribution is 5.94. The van der Waals surface area contributed by atoms with Crippen LogP contribution in [0.5, 0.6) is 0 Å². The third-order valence-electron chi connectivity index (χ3n) is 5.30. The number of piperidine rings is 1. The lowest BCUT2D eigenvalue weighted by Gasteiger charge is -2.20. The molecular weight excluding hydrogens is 326 g/mol. The molecule has 0 bridgehead atoms. The van der Waals surface area contributed by atoms with Crippen molar-refractivity contribution >= 4 is 17.9 Å². The Morgan fingerprint density at radius 2 is 1.88 bits per heavy atom. The summed E-state index contributed by atoms with van der Waals surface area (Å²) in [5.74, 6) is 1.55. The maximum absolute atomic E-state index is 12.4. The number of pyridine rings is 1. The van der Waals surface area contributed by atoms with Crippen LogP contribution in [0, 0.1) is 17.8 Å². The van der Waals surface area contributed by atoms with E-state index < -0.39 is 0 Å². The van der Waals surface area contributed by atoms with E-state index in [9.17, 15) is 9.59 Å². The fraction of sp³-hybridized carbons (Fsp3) is 0.286. The minimum atomic E-state index is -0.0870. The number of carbonyl (C=O) groups excluding carboxylic acids is 2. The summed E-state index contributed by atoms with van der Waals surface area (Å²) in [5, 5.41) is 2.97. The molecule has 5 nitrogen and oxygen atoms in total.